The fraction of sp³-hybridized carbons (Fsp3) is 0.833. The summed E-state index contributed by atoms with van der Waals surface area (Å²) >= 11 is 0. The summed E-state index contributed by atoms with van der Waals surface area (Å²) in [5.74, 6) is -1.10. The van der Waals surface area contributed by atoms with Crippen molar-refractivity contribution in [1.29, 1.82) is 0 Å². The maximum absolute atomic E-state index is 10.4. The summed E-state index contributed by atoms with van der Waals surface area (Å²) in [6.45, 7) is 2.25. The molecule has 0 radical (unpaired) electrons. The third kappa shape index (κ3) is 18.2. The molecular formula is C18H35NaO3. The van der Waals surface area contributed by atoms with Crippen molar-refractivity contribution in [2.75, 3.05) is 0 Å². The van der Waals surface area contributed by atoms with Crippen molar-refractivity contribution < 1.29 is 15.0 Å². The van der Waals surface area contributed by atoms with E-state index in [2.05, 4.69) is 19.1 Å². The molecule has 0 rings (SSSR count). The van der Waals surface area contributed by atoms with Crippen molar-refractivity contribution in [1.82, 2.24) is 0 Å². The molecule has 0 aromatic heterocycles. The number of hydrogen-bond acceptors (Lipinski definition) is 2. The molecule has 2 N–H and O–H groups in total. The Kier molecular flexibility index (Phi) is 21.3. The second-order valence-electron chi connectivity index (χ2n) is 5.87. The van der Waals surface area contributed by atoms with Crippen LogP contribution in [0.1, 0.15) is 90.4 Å². The van der Waals surface area contributed by atoms with E-state index in [0.717, 1.165) is 32.1 Å². The average Bonchev–Trinajstić information content (AvgIpc) is 2.47. The van der Waals surface area contributed by atoms with Gasteiger partial charge in [-0.25, -0.2) is 4.79 Å². The van der Waals surface area contributed by atoms with Gasteiger partial charge in [-0.2, -0.15) is 0 Å². The van der Waals surface area contributed by atoms with Crippen LogP contribution in [0.5, 0.6) is 0 Å². The van der Waals surface area contributed by atoms with Crippen molar-refractivity contribution in [3.05, 3.63) is 12.2 Å². The van der Waals surface area contributed by atoms with Gasteiger partial charge in [0, 0.05) is 0 Å². The van der Waals surface area contributed by atoms with Crippen LogP contribution in [0, 0.1) is 0 Å². The van der Waals surface area contributed by atoms with Crippen LogP contribution in [0.4, 0.5) is 0 Å². The molecule has 0 bridgehead atoms. The molecule has 0 spiro atoms. The fourth-order valence-electron chi connectivity index (χ4n) is 2.36. The summed E-state index contributed by atoms with van der Waals surface area (Å²) < 4.78 is 0. The quantitative estimate of drug-likeness (QED) is 0.266. The van der Waals surface area contributed by atoms with E-state index < -0.39 is 12.1 Å². The second kappa shape index (κ2) is 19.2. The Balaban J connectivity index is 0. The van der Waals surface area contributed by atoms with Crippen molar-refractivity contribution in [2.24, 2.45) is 0 Å². The van der Waals surface area contributed by atoms with Gasteiger partial charge in [0.2, 0.25) is 0 Å². The van der Waals surface area contributed by atoms with Crippen LogP contribution >= 0.6 is 0 Å². The minimum absolute atomic E-state index is 0. The predicted molar refractivity (Wildman–Crippen MR) is 95.6 cm³/mol. The molecule has 0 saturated carbocycles. The Morgan fingerprint density at radius 1 is 0.864 bits per heavy atom. The van der Waals surface area contributed by atoms with Crippen LogP contribution in [0.2, 0.25) is 0 Å². The van der Waals surface area contributed by atoms with E-state index in [4.69, 9.17) is 10.2 Å². The van der Waals surface area contributed by atoms with Gasteiger partial charge in [-0.3, -0.25) is 0 Å². The molecule has 0 aromatic carbocycles. The molecule has 1 atom stereocenters. The predicted octanol–water partition coefficient (Wildman–Crippen LogP) is 4.43. The molecule has 0 saturated heterocycles. The number of rotatable bonds is 15. The Morgan fingerprint density at radius 3 is 1.82 bits per heavy atom. The summed E-state index contributed by atoms with van der Waals surface area (Å²) in [5.41, 5.74) is 0. The molecule has 0 amide bonds. The molecule has 0 heterocycles. The standard InChI is InChI=1S/C18H34O3.Na.H/c1-2-3-4-5-6-7-8-9-10-11-12-13-14-15-16-17(19)18(20)21;;/h9-10,17,19H,2-8,11-16H2,1H3,(H,20,21);;. The van der Waals surface area contributed by atoms with Crippen molar-refractivity contribution in [2.45, 2.75) is 96.5 Å². The topological polar surface area (TPSA) is 57.5 Å². The van der Waals surface area contributed by atoms with E-state index in [1.54, 1.807) is 0 Å². The Hall–Kier alpha value is 0.170. The molecule has 0 aliphatic rings. The zero-order valence-electron chi connectivity index (χ0n) is 13.7. The molecule has 0 aromatic rings. The normalized spacial score (nSPS) is 12.3. The molecule has 22 heavy (non-hydrogen) atoms. The first-order valence-corrected chi connectivity index (χ1v) is 8.74. The maximum atomic E-state index is 10.4. The van der Waals surface area contributed by atoms with E-state index in [-0.39, 0.29) is 29.6 Å². The van der Waals surface area contributed by atoms with Gasteiger partial charge in [-0.15, -0.1) is 0 Å². The molecule has 0 aliphatic heterocycles. The Bertz CT molecular complexity index is 267. The van der Waals surface area contributed by atoms with Gasteiger partial charge in [0.1, 0.15) is 0 Å². The number of unbranched alkanes of at least 4 members (excludes halogenated alkanes) is 10. The van der Waals surface area contributed by atoms with E-state index in [1.165, 1.54) is 44.9 Å². The second-order valence-corrected chi connectivity index (χ2v) is 5.87. The monoisotopic (exact) mass is 322 g/mol. The summed E-state index contributed by atoms with van der Waals surface area (Å²) in [5, 5.41) is 17.6. The van der Waals surface area contributed by atoms with Gasteiger partial charge in [0.05, 0.1) is 0 Å². The van der Waals surface area contributed by atoms with E-state index >= 15 is 0 Å². The number of carboxylic acid groups (broad SMARTS) is 1. The first kappa shape index (κ1) is 24.4. The van der Waals surface area contributed by atoms with Crippen LogP contribution in [0.15, 0.2) is 12.2 Å². The molecule has 3 nitrogen and oxygen atoms in total. The fourth-order valence-corrected chi connectivity index (χ4v) is 2.36. The molecule has 126 valence electrons. The zero-order valence-corrected chi connectivity index (χ0v) is 13.7. The summed E-state index contributed by atoms with van der Waals surface area (Å²) in [7, 11) is 0. The van der Waals surface area contributed by atoms with Gasteiger partial charge in [-0.1, -0.05) is 70.4 Å². The van der Waals surface area contributed by atoms with Crippen molar-refractivity contribution >= 4 is 35.5 Å². The third-order valence-electron chi connectivity index (χ3n) is 3.77. The van der Waals surface area contributed by atoms with Gasteiger partial charge in [0.25, 0.3) is 0 Å². The van der Waals surface area contributed by atoms with Gasteiger partial charge in [-0.05, 0) is 32.1 Å². The summed E-state index contributed by atoms with van der Waals surface area (Å²) in [6.07, 6.45) is 18.3. The molecule has 1 unspecified atom stereocenters. The first-order chi connectivity index (χ1) is 10.2. The molecule has 0 fully saturated rings. The Labute approximate surface area is 158 Å². The van der Waals surface area contributed by atoms with Gasteiger partial charge < -0.3 is 10.2 Å². The van der Waals surface area contributed by atoms with Crippen LogP contribution < -0.4 is 0 Å². The molecule has 4 heteroatoms. The van der Waals surface area contributed by atoms with Crippen molar-refractivity contribution in [3.8, 4) is 0 Å². The average molecular weight is 322 g/mol. The number of aliphatic hydroxyl groups is 1. The molecule has 0 aliphatic carbocycles. The number of allylic oxidation sites excluding steroid dienone is 2. The van der Waals surface area contributed by atoms with E-state index in [0.29, 0.717) is 6.42 Å². The minimum atomic E-state index is -1.18. The number of hydrogen-bond donors (Lipinski definition) is 2. The number of aliphatic hydroxyl groups excluding tert-OH is 1. The number of carbonyl (C=O) groups is 1. The number of carboxylic acids is 1. The van der Waals surface area contributed by atoms with Gasteiger partial charge >= 0.3 is 35.5 Å². The molecular weight excluding hydrogens is 287 g/mol. The SMILES string of the molecule is CCCCCCCCC=CCCCCCCC(O)C(=O)O.[NaH]. The Morgan fingerprint density at radius 2 is 1.32 bits per heavy atom. The van der Waals surface area contributed by atoms with E-state index in [9.17, 15) is 4.79 Å². The zero-order chi connectivity index (χ0) is 15.8. The first-order valence-electron chi connectivity index (χ1n) is 8.74. The van der Waals surface area contributed by atoms with Gasteiger partial charge in [0.15, 0.2) is 6.10 Å². The summed E-state index contributed by atoms with van der Waals surface area (Å²) in [6, 6.07) is 0. The van der Waals surface area contributed by atoms with Crippen molar-refractivity contribution in [3.63, 3.8) is 0 Å². The van der Waals surface area contributed by atoms with Crippen LogP contribution in [0.25, 0.3) is 0 Å². The third-order valence-corrected chi connectivity index (χ3v) is 3.77. The number of aliphatic carboxylic acids is 1. The summed E-state index contributed by atoms with van der Waals surface area (Å²) in [4.78, 5) is 10.4. The van der Waals surface area contributed by atoms with Crippen LogP contribution in [0.3, 0.4) is 0 Å². The van der Waals surface area contributed by atoms with Crippen LogP contribution in [-0.2, 0) is 4.79 Å². The van der Waals surface area contributed by atoms with Crippen LogP contribution in [-0.4, -0.2) is 51.8 Å². The van der Waals surface area contributed by atoms with E-state index in [1.807, 2.05) is 0 Å².